The Morgan fingerprint density at radius 2 is 1.59 bits per heavy atom. The van der Waals surface area contributed by atoms with Crippen LogP contribution in [-0.4, -0.2) is 36.5 Å². The lowest BCUT2D eigenvalue weighted by atomic mass is 10.1. The molecule has 1 aromatic rings. The van der Waals surface area contributed by atoms with Crippen molar-refractivity contribution in [3.63, 3.8) is 0 Å². The summed E-state index contributed by atoms with van der Waals surface area (Å²) in [5, 5.41) is -5.74. The molecule has 1 atom stereocenters. The van der Waals surface area contributed by atoms with Crippen LogP contribution in [0.3, 0.4) is 0 Å². The fourth-order valence-corrected chi connectivity index (χ4v) is 1.78. The number of aryl methyl sites for hydroxylation is 1. The van der Waals surface area contributed by atoms with Crippen LogP contribution in [-0.2, 0) is 14.9 Å². The highest BCUT2D eigenvalue weighted by atomic mass is 32.2. The van der Waals surface area contributed by atoms with Crippen molar-refractivity contribution >= 4 is 16.1 Å². The molecule has 0 heterocycles. The molecule has 11 heteroatoms. The van der Waals surface area contributed by atoms with Crippen molar-refractivity contribution < 1.29 is 44.5 Å². The van der Waals surface area contributed by atoms with Gasteiger partial charge in [0, 0.05) is 0 Å². The van der Waals surface area contributed by atoms with Gasteiger partial charge in [-0.1, -0.05) is 17.7 Å². The predicted octanol–water partition coefficient (Wildman–Crippen LogP) is 2.56. The number of ether oxygens (including phenoxy) is 1. The fraction of sp³-hybridized carbons (Fsp3) is 0.364. The lowest BCUT2D eigenvalue weighted by molar-refractivity contribution is -0.248. The van der Waals surface area contributed by atoms with Crippen molar-refractivity contribution in [3.8, 4) is 0 Å². The SMILES string of the molecule is Cc1ccc(C(=O)OC(C(F)(F)F)C(F)(F)S(=O)(=O)O)cc1. The quantitative estimate of drug-likeness (QED) is 0.514. The smallest absolute Gasteiger partial charge is 0.432 e. The van der Waals surface area contributed by atoms with Crippen molar-refractivity contribution in [3.05, 3.63) is 35.4 Å². The first-order chi connectivity index (χ1) is 9.76. The number of hydrogen-bond acceptors (Lipinski definition) is 4. The van der Waals surface area contributed by atoms with Crippen molar-refractivity contribution in [1.29, 1.82) is 0 Å². The van der Waals surface area contributed by atoms with Gasteiger partial charge in [-0.05, 0) is 19.1 Å². The number of rotatable bonds is 4. The van der Waals surface area contributed by atoms with E-state index in [9.17, 15) is 35.2 Å². The number of esters is 1. The van der Waals surface area contributed by atoms with Gasteiger partial charge in [0.25, 0.3) is 6.10 Å². The summed E-state index contributed by atoms with van der Waals surface area (Å²) in [6, 6.07) is 4.63. The van der Waals surface area contributed by atoms with E-state index in [0.29, 0.717) is 5.56 Å². The molecule has 5 nitrogen and oxygen atoms in total. The maximum absolute atomic E-state index is 13.2. The fourth-order valence-electron chi connectivity index (χ4n) is 1.33. The molecule has 0 aliphatic carbocycles. The van der Waals surface area contributed by atoms with Crippen molar-refractivity contribution in [2.75, 3.05) is 0 Å². The summed E-state index contributed by atoms with van der Waals surface area (Å²) in [7, 11) is -6.45. The topological polar surface area (TPSA) is 80.7 Å². The number of benzene rings is 1. The third-order valence-corrected chi connectivity index (χ3v) is 3.36. The van der Waals surface area contributed by atoms with Crippen LogP contribution in [0.2, 0.25) is 0 Å². The lowest BCUT2D eigenvalue weighted by Gasteiger charge is -2.26. The molecule has 124 valence electrons. The molecule has 0 bridgehead atoms. The van der Waals surface area contributed by atoms with Crippen LogP contribution in [0.1, 0.15) is 15.9 Å². The van der Waals surface area contributed by atoms with Crippen LogP contribution < -0.4 is 0 Å². The number of halogens is 5. The Balaban J connectivity index is 3.16. The monoisotopic (exact) mass is 348 g/mol. The number of hydrogen-bond donors (Lipinski definition) is 1. The zero-order valence-electron chi connectivity index (χ0n) is 10.8. The Kier molecular flexibility index (Phi) is 4.82. The molecule has 1 aromatic carbocycles. The summed E-state index contributed by atoms with van der Waals surface area (Å²) >= 11 is 0. The summed E-state index contributed by atoms with van der Waals surface area (Å²) < 4.78 is 96.7. The van der Waals surface area contributed by atoms with Gasteiger partial charge < -0.3 is 4.74 Å². The third-order valence-electron chi connectivity index (χ3n) is 2.46. The first-order valence-electron chi connectivity index (χ1n) is 5.46. The largest absolute Gasteiger partial charge is 0.441 e. The van der Waals surface area contributed by atoms with E-state index >= 15 is 0 Å². The minimum absolute atomic E-state index is 0.494. The van der Waals surface area contributed by atoms with Gasteiger partial charge in [-0.2, -0.15) is 30.4 Å². The lowest BCUT2D eigenvalue weighted by Crippen LogP contribution is -2.52. The van der Waals surface area contributed by atoms with Crippen LogP contribution in [0.15, 0.2) is 24.3 Å². The van der Waals surface area contributed by atoms with Gasteiger partial charge in [0.2, 0.25) is 0 Å². The van der Waals surface area contributed by atoms with Gasteiger partial charge in [-0.15, -0.1) is 0 Å². The predicted molar refractivity (Wildman–Crippen MR) is 62.9 cm³/mol. The molecule has 1 unspecified atom stereocenters. The van der Waals surface area contributed by atoms with Crippen molar-refractivity contribution in [2.24, 2.45) is 0 Å². The van der Waals surface area contributed by atoms with E-state index in [4.69, 9.17) is 4.55 Å². The van der Waals surface area contributed by atoms with Gasteiger partial charge in [0.15, 0.2) is 0 Å². The Labute approximate surface area is 121 Å². The van der Waals surface area contributed by atoms with Gasteiger partial charge >= 0.3 is 27.5 Å². The molecule has 0 fully saturated rings. The van der Waals surface area contributed by atoms with Crippen molar-refractivity contribution in [1.82, 2.24) is 0 Å². The van der Waals surface area contributed by atoms with E-state index in [-0.39, 0.29) is 0 Å². The van der Waals surface area contributed by atoms with Gasteiger partial charge in [0.05, 0.1) is 5.56 Å². The third kappa shape index (κ3) is 3.91. The number of alkyl halides is 5. The Morgan fingerprint density at radius 1 is 1.14 bits per heavy atom. The molecule has 0 aliphatic heterocycles. The molecule has 0 saturated carbocycles. The maximum Gasteiger partial charge on any atom is 0.432 e. The Morgan fingerprint density at radius 3 is 1.95 bits per heavy atom. The van der Waals surface area contributed by atoms with E-state index in [1.165, 1.54) is 12.1 Å². The molecule has 0 aliphatic rings. The van der Waals surface area contributed by atoms with Gasteiger partial charge in [-0.3, -0.25) is 4.55 Å². The van der Waals surface area contributed by atoms with E-state index in [2.05, 4.69) is 4.74 Å². The summed E-state index contributed by atoms with van der Waals surface area (Å²) in [6.07, 6.45) is -10.3. The first kappa shape index (κ1) is 18.3. The second kappa shape index (κ2) is 5.80. The number of carbonyl (C=O) groups excluding carboxylic acids is 1. The average Bonchev–Trinajstić information content (AvgIpc) is 2.33. The molecule has 22 heavy (non-hydrogen) atoms. The molecule has 1 rings (SSSR count). The second-order valence-electron chi connectivity index (χ2n) is 4.23. The second-order valence-corrected chi connectivity index (χ2v) is 5.72. The zero-order valence-corrected chi connectivity index (χ0v) is 11.6. The van der Waals surface area contributed by atoms with Gasteiger partial charge in [-0.25, -0.2) is 4.79 Å². The van der Waals surface area contributed by atoms with E-state index in [0.717, 1.165) is 12.1 Å². The van der Waals surface area contributed by atoms with Crippen LogP contribution in [0.4, 0.5) is 22.0 Å². The molecule has 0 aromatic heterocycles. The molecule has 0 saturated heterocycles. The summed E-state index contributed by atoms with van der Waals surface area (Å²) in [6.45, 7) is 1.60. The van der Waals surface area contributed by atoms with Crippen molar-refractivity contribution in [2.45, 2.75) is 24.5 Å². The van der Waals surface area contributed by atoms with Crippen LogP contribution in [0.25, 0.3) is 0 Å². The zero-order chi connectivity index (χ0) is 17.3. The molecular formula is C11H9F5O5S. The molecule has 0 radical (unpaired) electrons. The maximum atomic E-state index is 13.2. The summed E-state index contributed by atoms with van der Waals surface area (Å²) in [5.41, 5.74) is 0.137. The number of carbonyl (C=O) groups is 1. The highest BCUT2D eigenvalue weighted by Gasteiger charge is 2.66. The van der Waals surface area contributed by atoms with Crippen LogP contribution in [0.5, 0.6) is 0 Å². The van der Waals surface area contributed by atoms with E-state index < -0.39 is 39.2 Å². The highest BCUT2D eigenvalue weighted by molar-refractivity contribution is 7.86. The first-order valence-corrected chi connectivity index (χ1v) is 6.90. The summed E-state index contributed by atoms with van der Waals surface area (Å²) in [4.78, 5) is 11.5. The molecule has 0 amide bonds. The minimum Gasteiger partial charge on any atom is -0.441 e. The van der Waals surface area contributed by atoms with E-state index in [1.807, 2.05) is 0 Å². The minimum atomic E-state index is -6.45. The van der Waals surface area contributed by atoms with E-state index in [1.54, 1.807) is 6.92 Å². The Bertz CT molecular complexity index is 650. The van der Waals surface area contributed by atoms with Crippen LogP contribution in [0, 0.1) is 6.92 Å². The molecular weight excluding hydrogens is 339 g/mol. The summed E-state index contributed by atoms with van der Waals surface area (Å²) in [5.74, 6) is -1.81. The van der Waals surface area contributed by atoms with Gasteiger partial charge in [0.1, 0.15) is 0 Å². The average molecular weight is 348 g/mol. The Hall–Kier alpha value is -1.75. The van der Waals surface area contributed by atoms with Crippen LogP contribution >= 0.6 is 0 Å². The molecule has 0 spiro atoms. The normalized spacial score (nSPS) is 14.5. The standard InChI is InChI=1S/C11H9F5O5S/c1-6-2-4-7(5-3-6)8(17)21-9(10(12,13)14)11(15,16)22(18,19)20/h2-5,9H,1H3,(H,18,19,20). The highest BCUT2D eigenvalue weighted by Crippen LogP contribution is 2.38. The molecule has 1 N–H and O–H groups in total.